The minimum Gasteiger partial charge on any atom is -0.466 e. The first-order valence-electron chi connectivity index (χ1n) is 9.26. The number of ether oxygens (including phenoxy) is 3. The van der Waals surface area contributed by atoms with Crippen LogP contribution in [0.5, 0.6) is 0 Å². The molecule has 0 radical (unpaired) electrons. The number of para-hydroxylation sites is 1. The number of rotatable bonds is 7. The van der Waals surface area contributed by atoms with Gasteiger partial charge in [-0.15, -0.1) is 0 Å². The Morgan fingerprint density at radius 2 is 1.90 bits per heavy atom. The smallest absolute Gasteiger partial charge is 0.354 e. The summed E-state index contributed by atoms with van der Waals surface area (Å²) in [6, 6.07) is 4.49. The average molecular weight is 408 g/mol. The number of benzene rings is 1. The van der Waals surface area contributed by atoms with E-state index in [1.807, 2.05) is 4.90 Å². The molecule has 1 N–H and O–H groups in total. The van der Waals surface area contributed by atoms with Crippen molar-refractivity contribution in [2.24, 2.45) is 5.92 Å². The standard InChI is InChI=1S/C20H25FN2O6/c1-4-29-19(25)13-8-10-23(11-9-13)16-7-5-6-14(21)18(16)22-15(20(26)28-3)12-17(24)27-2/h5-7,12-13,22H,4,8-11H2,1-3H3/b15-12+. The number of anilines is 2. The fourth-order valence-electron chi connectivity index (χ4n) is 3.08. The molecule has 1 aliphatic rings. The largest absolute Gasteiger partial charge is 0.466 e. The van der Waals surface area contributed by atoms with E-state index in [9.17, 15) is 18.8 Å². The molecular formula is C20H25FN2O6. The van der Waals surface area contributed by atoms with Crippen LogP contribution in [-0.4, -0.2) is 51.8 Å². The molecule has 0 spiro atoms. The topological polar surface area (TPSA) is 94.2 Å². The van der Waals surface area contributed by atoms with Gasteiger partial charge in [-0.05, 0) is 31.9 Å². The molecule has 1 aromatic carbocycles. The molecule has 0 bridgehead atoms. The van der Waals surface area contributed by atoms with Crippen LogP contribution in [-0.2, 0) is 28.6 Å². The third-order valence-corrected chi connectivity index (χ3v) is 4.58. The zero-order chi connectivity index (χ0) is 21.4. The SMILES string of the molecule is CCOC(=O)C1CCN(c2cccc(F)c2N/C(=C/C(=O)OC)C(=O)OC)CC1. The molecule has 0 saturated carbocycles. The van der Waals surface area contributed by atoms with Gasteiger partial charge in [0.25, 0.3) is 0 Å². The van der Waals surface area contributed by atoms with Crippen molar-refractivity contribution in [1.29, 1.82) is 0 Å². The number of piperidine rings is 1. The first-order valence-corrected chi connectivity index (χ1v) is 9.26. The number of hydrogen-bond donors (Lipinski definition) is 1. The highest BCUT2D eigenvalue weighted by atomic mass is 19.1. The van der Waals surface area contributed by atoms with Crippen LogP contribution in [0.2, 0.25) is 0 Å². The summed E-state index contributed by atoms with van der Waals surface area (Å²) in [6.07, 6.45) is 2.03. The van der Waals surface area contributed by atoms with Gasteiger partial charge in [-0.2, -0.15) is 0 Å². The maximum absolute atomic E-state index is 14.6. The van der Waals surface area contributed by atoms with Gasteiger partial charge < -0.3 is 24.4 Å². The third-order valence-electron chi connectivity index (χ3n) is 4.58. The quantitative estimate of drug-likeness (QED) is 0.417. The Kier molecular flexibility index (Phi) is 7.99. The molecule has 1 fully saturated rings. The first-order chi connectivity index (χ1) is 13.9. The average Bonchev–Trinajstić information content (AvgIpc) is 2.74. The summed E-state index contributed by atoms with van der Waals surface area (Å²) in [5.74, 6) is -2.65. The number of hydrogen-bond acceptors (Lipinski definition) is 8. The molecule has 0 amide bonds. The van der Waals surface area contributed by atoms with Crippen molar-refractivity contribution in [2.45, 2.75) is 19.8 Å². The molecule has 2 rings (SSSR count). The molecule has 29 heavy (non-hydrogen) atoms. The lowest BCUT2D eigenvalue weighted by atomic mass is 9.96. The highest BCUT2D eigenvalue weighted by molar-refractivity contribution is 5.99. The number of carbonyl (C=O) groups is 3. The summed E-state index contributed by atoms with van der Waals surface area (Å²) in [4.78, 5) is 37.4. The Labute approximate surface area is 168 Å². The summed E-state index contributed by atoms with van der Waals surface area (Å²) < 4.78 is 28.9. The molecule has 0 aliphatic carbocycles. The maximum atomic E-state index is 14.6. The zero-order valence-electron chi connectivity index (χ0n) is 16.7. The van der Waals surface area contributed by atoms with Gasteiger partial charge in [0.05, 0.1) is 44.2 Å². The molecule has 0 atom stereocenters. The minimum atomic E-state index is -0.842. The van der Waals surface area contributed by atoms with Gasteiger partial charge in [0.1, 0.15) is 11.5 Å². The molecule has 1 aromatic rings. The van der Waals surface area contributed by atoms with E-state index in [0.717, 1.165) is 20.3 Å². The van der Waals surface area contributed by atoms with Gasteiger partial charge >= 0.3 is 17.9 Å². The maximum Gasteiger partial charge on any atom is 0.354 e. The van der Waals surface area contributed by atoms with Crippen molar-refractivity contribution < 1.29 is 33.0 Å². The lowest BCUT2D eigenvalue weighted by Crippen LogP contribution is -2.37. The lowest BCUT2D eigenvalue weighted by Gasteiger charge is -2.34. The van der Waals surface area contributed by atoms with Crippen LogP contribution >= 0.6 is 0 Å². The second-order valence-corrected chi connectivity index (χ2v) is 6.35. The van der Waals surface area contributed by atoms with Gasteiger partial charge in [0.2, 0.25) is 0 Å². The van der Waals surface area contributed by atoms with Crippen molar-refractivity contribution in [1.82, 2.24) is 0 Å². The van der Waals surface area contributed by atoms with Gasteiger partial charge in [0.15, 0.2) is 0 Å². The van der Waals surface area contributed by atoms with Crippen LogP contribution in [0.3, 0.4) is 0 Å². The van der Waals surface area contributed by atoms with E-state index in [2.05, 4.69) is 14.8 Å². The first kappa shape index (κ1) is 22.2. The summed E-state index contributed by atoms with van der Waals surface area (Å²) in [5, 5.41) is 2.66. The monoisotopic (exact) mass is 408 g/mol. The van der Waals surface area contributed by atoms with Crippen LogP contribution in [0, 0.1) is 11.7 Å². The Morgan fingerprint density at radius 1 is 1.21 bits per heavy atom. The summed E-state index contributed by atoms with van der Waals surface area (Å²) in [5.41, 5.74) is 0.279. The van der Waals surface area contributed by atoms with E-state index < -0.39 is 17.8 Å². The lowest BCUT2D eigenvalue weighted by molar-refractivity contribution is -0.148. The van der Waals surface area contributed by atoms with E-state index in [1.54, 1.807) is 19.1 Å². The molecule has 0 unspecified atom stereocenters. The zero-order valence-corrected chi connectivity index (χ0v) is 16.7. The van der Waals surface area contributed by atoms with Gasteiger partial charge in [-0.25, -0.2) is 14.0 Å². The molecule has 8 nitrogen and oxygen atoms in total. The molecule has 9 heteroatoms. The predicted octanol–water partition coefficient (Wildman–Crippen LogP) is 2.25. The Hall–Kier alpha value is -3.10. The van der Waals surface area contributed by atoms with Crippen molar-refractivity contribution in [2.75, 3.05) is 44.1 Å². The van der Waals surface area contributed by atoms with Crippen molar-refractivity contribution >= 4 is 29.3 Å². The third kappa shape index (κ3) is 5.69. The van der Waals surface area contributed by atoms with E-state index in [4.69, 9.17) is 4.74 Å². The van der Waals surface area contributed by atoms with Crippen molar-refractivity contribution in [3.63, 3.8) is 0 Å². The predicted molar refractivity (Wildman–Crippen MR) is 104 cm³/mol. The van der Waals surface area contributed by atoms with Crippen molar-refractivity contribution in [3.05, 3.63) is 35.8 Å². The summed E-state index contributed by atoms with van der Waals surface area (Å²) >= 11 is 0. The fourth-order valence-corrected chi connectivity index (χ4v) is 3.08. The highest BCUT2D eigenvalue weighted by Gasteiger charge is 2.28. The van der Waals surface area contributed by atoms with Gasteiger partial charge in [0, 0.05) is 13.1 Å². The van der Waals surface area contributed by atoms with Gasteiger partial charge in [-0.1, -0.05) is 6.07 Å². The van der Waals surface area contributed by atoms with E-state index in [-0.39, 0.29) is 23.3 Å². The van der Waals surface area contributed by atoms with Crippen LogP contribution < -0.4 is 10.2 Å². The van der Waals surface area contributed by atoms with Crippen LogP contribution in [0.1, 0.15) is 19.8 Å². The summed E-state index contributed by atoms with van der Waals surface area (Å²) in [7, 11) is 2.31. The second-order valence-electron chi connectivity index (χ2n) is 6.35. The fraction of sp³-hybridized carbons (Fsp3) is 0.450. The molecule has 158 valence electrons. The Bertz CT molecular complexity index is 787. The second kappa shape index (κ2) is 10.4. The Morgan fingerprint density at radius 3 is 2.48 bits per heavy atom. The highest BCUT2D eigenvalue weighted by Crippen LogP contribution is 2.33. The van der Waals surface area contributed by atoms with E-state index in [0.29, 0.717) is 38.2 Å². The van der Waals surface area contributed by atoms with E-state index in [1.165, 1.54) is 6.07 Å². The number of nitrogens with one attached hydrogen (secondary N) is 1. The molecular weight excluding hydrogens is 383 g/mol. The summed E-state index contributed by atoms with van der Waals surface area (Å²) in [6.45, 7) is 3.12. The number of methoxy groups -OCH3 is 2. The van der Waals surface area contributed by atoms with E-state index >= 15 is 0 Å². The van der Waals surface area contributed by atoms with Crippen LogP contribution in [0.15, 0.2) is 30.0 Å². The van der Waals surface area contributed by atoms with Crippen LogP contribution in [0.4, 0.5) is 15.8 Å². The van der Waals surface area contributed by atoms with Crippen LogP contribution in [0.25, 0.3) is 0 Å². The molecule has 1 saturated heterocycles. The number of esters is 3. The number of carbonyl (C=O) groups excluding carboxylic acids is 3. The van der Waals surface area contributed by atoms with Crippen molar-refractivity contribution in [3.8, 4) is 0 Å². The van der Waals surface area contributed by atoms with Gasteiger partial charge in [-0.3, -0.25) is 4.79 Å². The molecule has 0 aromatic heterocycles. The number of halogens is 1. The normalized spacial score (nSPS) is 14.9. The minimum absolute atomic E-state index is 0.0302. The molecule has 1 heterocycles. The number of nitrogens with zero attached hydrogens (tertiary/aromatic N) is 1. The molecule has 1 aliphatic heterocycles. The Balaban J connectivity index is 2.25.